The van der Waals surface area contributed by atoms with Crippen molar-refractivity contribution in [1.82, 2.24) is 4.90 Å². The van der Waals surface area contributed by atoms with E-state index >= 15 is 0 Å². The third-order valence-corrected chi connectivity index (χ3v) is 6.79. The molecule has 1 N–H and O–H groups in total. The van der Waals surface area contributed by atoms with Gasteiger partial charge in [-0.25, -0.2) is 0 Å². The van der Waals surface area contributed by atoms with Gasteiger partial charge in [-0.05, 0) is 73.2 Å². The van der Waals surface area contributed by atoms with Crippen molar-refractivity contribution in [2.45, 2.75) is 50.4 Å². The molecular formula is C26H24F9NO2. The number of halogens is 9. The summed E-state index contributed by atoms with van der Waals surface area (Å²) >= 11 is 0. The number of rotatable bonds is 6. The molecule has 0 unspecified atom stereocenters. The normalized spacial score (nSPS) is 21.7. The molecule has 0 aliphatic carbocycles. The first-order valence-electron chi connectivity index (χ1n) is 11.5. The van der Waals surface area contributed by atoms with Gasteiger partial charge in [0.15, 0.2) is 0 Å². The van der Waals surface area contributed by atoms with E-state index in [0.717, 1.165) is 24.3 Å². The van der Waals surface area contributed by atoms with Gasteiger partial charge in [0.2, 0.25) is 0 Å². The van der Waals surface area contributed by atoms with Crippen molar-refractivity contribution < 1.29 is 49.4 Å². The van der Waals surface area contributed by atoms with E-state index < -0.39 is 71.2 Å². The van der Waals surface area contributed by atoms with E-state index in [0.29, 0.717) is 18.2 Å². The van der Waals surface area contributed by atoms with Crippen LogP contribution in [0.15, 0.2) is 55.1 Å². The van der Waals surface area contributed by atoms with Gasteiger partial charge in [0.25, 0.3) is 0 Å². The molecule has 0 spiro atoms. The Morgan fingerprint density at radius 3 is 2.00 bits per heavy atom. The minimum atomic E-state index is -4.97. The highest BCUT2D eigenvalue weighted by Crippen LogP contribution is 2.42. The number of hydrogen-bond acceptors (Lipinski definition) is 2. The number of hydrogen-bond donors (Lipinski definition) is 1. The molecule has 1 fully saturated rings. The second-order valence-corrected chi connectivity index (χ2v) is 9.23. The molecule has 1 aliphatic rings. The topological polar surface area (TPSA) is 40.5 Å². The van der Waals surface area contributed by atoms with Crippen molar-refractivity contribution in [3.63, 3.8) is 0 Å². The van der Waals surface area contributed by atoms with E-state index in [9.17, 15) is 49.4 Å². The lowest BCUT2D eigenvalue weighted by molar-refractivity contribution is -0.144. The predicted octanol–water partition coefficient (Wildman–Crippen LogP) is 7.97. The number of carboxylic acids is 1. The van der Waals surface area contributed by atoms with Crippen molar-refractivity contribution in [1.29, 1.82) is 0 Å². The summed E-state index contributed by atoms with van der Waals surface area (Å²) in [7, 11) is 0. The minimum Gasteiger partial charge on any atom is -0.481 e. The Morgan fingerprint density at radius 2 is 1.50 bits per heavy atom. The fourth-order valence-electron chi connectivity index (χ4n) is 4.90. The summed E-state index contributed by atoms with van der Waals surface area (Å²) in [4.78, 5) is 13.5. The second-order valence-electron chi connectivity index (χ2n) is 9.23. The molecule has 0 radical (unpaired) electrons. The quantitative estimate of drug-likeness (QED) is 0.291. The molecule has 3 rings (SSSR count). The van der Waals surface area contributed by atoms with Crippen LogP contribution in [0.3, 0.4) is 0 Å². The fourth-order valence-corrected chi connectivity index (χ4v) is 4.90. The van der Waals surface area contributed by atoms with Crippen molar-refractivity contribution >= 4 is 5.97 Å². The van der Waals surface area contributed by atoms with Crippen LogP contribution >= 0.6 is 0 Å². The van der Waals surface area contributed by atoms with Crippen LogP contribution in [0.4, 0.5) is 39.5 Å². The van der Waals surface area contributed by atoms with E-state index in [1.54, 1.807) is 0 Å². The SMILES string of the molecule is C=CC[C@@H]1CCN(Cc2cc(C(F)(F)F)ccc2C(F)(F)F)[C@H](c2ccc(C(F)(F)F)cc2)C[C@@H]1C(=O)O. The molecule has 0 amide bonds. The smallest absolute Gasteiger partial charge is 0.416 e. The van der Waals surface area contributed by atoms with Gasteiger partial charge in [-0.1, -0.05) is 18.2 Å². The standard InChI is InChI=1S/C26H24F9NO2/c1-2-3-15-10-11-36(14-17-12-19(25(30,31)32)8-9-21(17)26(33,34)35)22(13-20(15)23(37)38)16-4-6-18(7-5-16)24(27,28)29/h2,4-9,12,15,20,22H,1,3,10-11,13-14H2,(H,37,38)/t15-,20+,22+/m1/s1. The number of carboxylic acid groups (broad SMARTS) is 1. The van der Waals surface area contributed by atoms with E-state index in [-0.39, 0.29) is 31.4 Å². The first kappa shape index (κ1) is 29.5. The van der Waals surface area contributed by atoms with Crippen LogP contribution in [0.2, 0.25) is 0 Å². The number of carbonyl (C=O) groups is 1. The van der Waals surface area contributed by atoms with Gasteiger partial charge in [-0.15, -0.1) is 6.58 Å². The molecule has 3 atom stereocenters. The largest absolute Gasteiger partial charge is 0.481 e. The number of nitrogens with zero attached hydrogens (tertiary/aromatic N) is 1. The Labute approximate surface area is 212 Å². The minimum absolute atomic E-state index is 0.00151. The van der Waals surface area contributed by atoms with E-state index in [1.165, 1.54) is 11.0 Å². The lowest BCUT2D eigenvalue weighted by atomic mass is 9.83. The van der Waals surface area contributed by atoms with E-state index in [4.69, 9.17) is 0 Å². The number of allylic oxidation sites excluding steroid dienone is 1. The highest BCUT2D eigenvalue weighted by Gasteiger charge is 2.40. The van der Waals surface area contributed by atoms with Crippen LogP contribution in [0.1, 0.15) is 53.1 Å². The molecule has 3 nitrogen and oxygen atoms in total. The number of alkyl halides is 9. The van der Waals surface area contributed by atoms with Gasteiger partial charge >= 0.3 is 24.5 Å². The molecular weight excluding hydrogens is 529 g/mol. The molecule has 0 aromatic heterocycles. The lowest BCUT2D eigenvalue weighted by Crippen LogP contribution is -2.30. The molecule has 208 valence electrons. The molecule has 1 aliphatic heterocycles. The molecule has 38 heavy (non-hydrogen) atoms. The molecule has 12 heteroatoms. The summed E-state index contributed by atoms with van der Waals surface area (Å²) in [5.41, 5.74) is -3.99. The highest BCUT2D eigenvalue weighted by atomic mass is 19.4. The Hall–Kier alpha value is -3.02. The maximum absolute atomic E-state index is 13.7. The van der Waals surface area contributed by atoms with Gasteiger partial charge < -0.3 is 5.11 Å². The zero-order valence-electron chi connectivity index (χ0n) is 19.8. The summed E-state index contributed by atoms with van der Waals surface area (Å²) in [6.07, 6.45) is -12.8. The highest BCUT2D eigenvalue weighted by molar-refractivity contribution is 5.70. The Kier molecular flexibility index (Phi) is 8.55. The molecule has 1 heterocycles. The monoisotopic (exact) mass is 553 g/mol. The van der Waals surface area contributed by atoms with Crippen molar-refractivity contribution in [3.05, 3.63) is 82.9 Å². The molecule has 2 aromatic carbocycles. The molecule has 0 saturated carbocycles. The van der Waals surface area contributed by atoms with Crippen molar-refractivity contribution in [2.24, 2.45) is 11.8 Å². The molecule has 2 aromatic rings. The fraction of sp³-hybridized carbons (Fsp3) is 0.423. The van der Waals surface area contributed by atoms with Crippen LogP contribution in [0.25, 0.3) is 0 Å². The van der Waals surface area contributed by atoms with Gasteiger partial charge in [0, 0.05) is 12.6 Å². The average molecular weight is 553 g/mol. The van der Waals surface area contributed by atoms with Crippen molar-refractivity contribution in [2.75, 3.05) is 6.54 Å². The van der Waals surface area contributed by atoms with E-state index in [1.807, 2.05) is 0 Å². The van der Waals surface area contributed by atoms with Gasteiger partial charge in [0.05, 0.1) is 22.6 Å². The maximum atomic E-state index is 13.7. The average Bonchev–Trinajstić information content (AvgIpc) is 2.97. The van der Waals surface area contributed by atoms with Gasteiger partial charge in [0.1, 0.15) is 0 Å². The van der Waals surface area contributed by atoms with Crippen LogP contribution < -0.4 is 0 Å². The van der Waals surface area contributed by atoms with Crippen LogP contribution in [-0.4, -0.2) is 22.5 Å². The number of likely N-dealkylation sites (tertiary alicyclic amines) is 1. The first-order chi connectivity index (χ1) is 17.5. The Balaban J connectivity index is 2.11. The summed E-state index contributed by atoms with van der Waals surface area (Å²) in [5, 5.41) is 9.85. The zero-order chi connectivity index (χ0) is 28.5. The number of benzene rings is 2. The zero-order valence-corrected chi connectivity index (χ0v) is 19.8. The Morgan fingerprint density at radius 1 is 0.921 bits per heavy atom. The third kappa shape index (κ3) is 6.89. The second kappa shape index (κ2) is 11.0. The van der Waals surface area contributed by atoms with Gasteiger partial charge in [-0.3, -0.25) is 9.69 Å². The lowest BCUT2D eigenvalue weighted by Gasteiger charge is -2.32. The predicted molar refractivity (Wildman–Crippen MR) is 120 cm³/mol. The summed E-state index contributed by atoms with van der Waals surface area (Å²) in [6.45, 7) is 2.98. The molecule has 1 saturated heterocycles. The maximum Gasteiger partial charge on any atom is 0.416 e. The van der Waals surface area contributed by atoms with Crippen LogP contribution in [-0.2, 0) is 29.9 Å². The van der Waals surface area contributed by atoms with E-state index in [2.05, 4.69) is 6.58 Å². The van der Waals surface area contributed by atoms with Crippen molar-refractivity contribution in [3.8, 4) is 0 Å². The summed E-state index contributed by atoms with van der Waals surface area (Å²) < 4.78 is 120. The third-order valence-electron chi connectivity index (χ3n) is 6.79. The van der Waals surface area contributed by atoms with Crippen LogP contribution in [0.5, 0.6) is 0 Å². The number of aliphatic carboxylic acids is 1. The van der Waals surface area contributed by atoms with Gasteiger partial charge in [-0.2, -0.15) is 39.5 Å². The first-order valence-corrected chi connectivity index (χ1v) is 11.5. The molecule has 0 bridgehead atoms. The Bertz CT molecular complexity index is 1140. The van der Waals surface area contributed by atoms with Crippen LogP contribution in [0, 0.1) is 11.8 Å². The summed E-state index contributed by atoms with van der Waals surface area (Å²) in [5.74, 6) is -2.67. The summed E-state index contributed by atoms with van der Waals surface area (Å²) in [6, 6.07) is 3.92.